The fraction of sp³-hybridized carbons (Fsp3) is 0.368. The van der Waals surface area contributed by atoms with Gasteiger partial charge in [-0.1, -0.05) is 23.7 Å². The van der Waals surface area contributed by atoms with E-state index in [1.54, 1.807) is 45.0 Å². The van der Waals surface area contributed by atoms with Crippen molar-refractivity contribution in [1.82, 2.24) is 10.3 Å². The molecule has 0 radical (unpaired) electrons. The first-order valence-corrected chi connectivity index (χ1v) is 8.95. The van der Waals surface area contributed by atoms with E-state index < -0.39 is 22.2 Å². The number of hydrogen-bond acceptors (Lipinski definition) is 6. The Morgan fingerprint density at radius 3 is 2.25 bits per heavy atom. The minimum Gasteiger partial charge on any atom is -0.444 e. The van der Waals surface area contributed by atoms with Crippen molar-refractivity contribution in [3.8, 4) is 0 Å². The van der Waals surface area contributed by atoms with Crippen molar-refractivity contribution in [3.63, 3.8) is 0 Å². The Bertz CT molecular complexity index is 876. The Hall–Kier alpha value is -2.87. The van der Waals surface area contributed by atoms with E-state index in [9.17, 15) is 14.9 Å². The molecule has 0 bridgehead atoms. The zero-order chi connectivity index (χ0) is 21.1. The molecule has 1 aromatic carbocycles. The summed E-state index contributed by atoms with van der Waals surface area (Å²) in [5.74, 6) is 0.0522. The SMILES string of the molecule is CC(C)(C)OC(=O)NC(C)(C)c1ccc(Nc2nc(Cl)ccc2[N+](=O)[O-])cc1. The quantitative estimate of drug-likeness (QED) is 0.404. The molecule has 1 aromatic heterocycles. The van der Waals surface area contributed by atoms with Gasteiger partial charge in [0.15, 0.2) is 0 Å². The van der Waals surface area contributed by atoms with E-state index in [0.29, 0.717) is 5.69 Å². The molecule has 0 saturated heterocycles. The summed E-state index contributed by atoms with van der Waals surface area (Å²) in [5.41, 5.74) is -0.0270. The first kappa shape index (κ1) is 21.4. The fourth-order valence-electron chi connectivity index (χ4n) is 2.41. The molecular formula is C19H23ClN4O4. The third-order valence-corrected chi connectivity index (χ3v) is 3.93. The van der Waals surface area contributed by atoms with Crippen molar-refractivity contribution < 1.29 is 14.5 Å². The second-order valence-electron chi connectivity index (χ2n) is 7.71. The maximum Gasteiger partial charge on any atom is 0.408 e. The number of amides is 1. The number of carbonyl (C=O) groups is 1. The Morgan fingerprint density at radius 1 is 1.11 bits per heavy atom. The van der Waals surface area contributed by atoms with Crippen LogP contribution in [0.4, 0.5) is 22.0 Å². The highest BCUT2D eigenvalue weighted by Crippen LogP contribution is 2.28. The molecule has 0 aliphatic rings. The predicted octanol–water partition coefficient (Wildman–Crippen LogP) is 5.15. The number of hydrogen-bond donors (Lipinski definition) is 2. The molecule has 0 aliphatic carbocycles. The standard InChI is InChI=1S/C19H23ClN4O4/c1-18(2,3)28-17(25)23-19(4,5)12-6-8-13(9-7-12)21-16-14(24(26)27)10-11-15(20)22-16/h6-11H,1-5H3,(H,21,22)(H,23,25). The van der Waals surface area contributed by atoms with Crippen molar-refractivity contribution >= 4 is 34.9 Å². The van der Waals surface area contributed by atoms with Crippen LogP contribution in [-0.2, 0) is 10.3 Å². The first-order valence-electron chi connectivity index (χ1n) is 8.57. The first-order chi connectivity index (χ1) is 12.9. The average Bonchev–Trinajstić information content (AvgIpc) is 2.52. The highest BCUT2D eigenvalue weighted by Gasteiger charge is 2.26. The third-order valence-electron chi connectivity index (χ3n) is 3.72. The van der Waals surface area contributed by atoms with E-state index in [0.717, 1.165) is 5.56 Å². The molecular weight excluding hydrogens is 384 g/mol. The Morgan fingerprint density at radius 2 is 1.71 bits per heavy atom. The molecule has 150 valence electrons. The van der Waals surface area contributed by atoms with Crippen LogP contribution >= 0.6 is 11.6 Å². The van der Waals surface area contributed by atoms with E-state index >= 15 is 0 Å². The zero-order valence-electron chi connectivity index (χ0n) is 16.4. The molecule has 0 saturated carbocycles. The van der Waals surface area contributed by atoms with Gasteiger partial charge in [0.1, 0.15) is 10.8 Å². The van der Waals surface area contributed by atoms with Gasteiger partial charge >= 0.3 is 11.8 Å². The third kappa shape index (κ3) is 5.82. The van der Waals surface area contributed by atoms with Crippen molar-refractivity contribution in [2.24, 2.45) is 0 Å². The second kappa shape index (κ2) is 8.02. The summed E-state index contributed by atoms with van der Waals surface area (Å²) in [7, 11) is 0. The van der Waals surface area contributed by atoms with Gasteiger partial charge in [-0.05, 0) is 58.4 Å². The lowest BCUT2D eigenvalue weighted by Gasteiger charge is -2.29. The van der Waals surface area contributed by atoms with Gasteiger partial charge in [-0.25, -0.2) is 9.78 Å². The van der Waals surface area contributed by atoms with Crippen molar-refractivity contribution in [2.45, 2.75) is 45.8 Å². The number of nitrogens with one attached hydrogen (secondary N) is 2. The maximum atomic E-state index is 12.1. The molecule has 1 heterocycles. The molecule has 9 heteroatoms. The number of alkyl carbamates (subject to hydrolysis) is 1. The van der Waals surface area contributed by atoms with Crippen LogP contribution in [-0.4, -0.2) is 21.6 Å². The molecule has 0 aliphatic heterocycles. The molecule has 0 spiro atoms. The van der Waals surface area contributed by atoms with Crippen LogP contribution in [0.5, 0.6) is 0 Å². The lowest BCUT2D eigenvalue weighted by atomic mass is 9.94. The Labute approximate surface area is 168 Å². The number of rotatable bonds is 5. The topological polar surface area (TPSA) is 106 Å². The van der Waals surface area contributed by atoms with Gasteiger partial charge in [-0.3, -0.25) is 10.1 Å². The van der Waals surface area contributed by atoms with Crippen molar-refractivity contribution in [2.75, 3.05) is 5.32 Å². The number of aromatic nitrogens is 1. The van der Waals surface area contributed by atoms with E-state index in [1.165, 1.54) is 12.1 Å². The van der Waals surface area contributed by atoms with Crippen LogP contribution in [0.1, 0.15) is 40.2 Å². The molecule has 0 unspecified atom stereocenters. The van der Waals surface area contributed by atoms with Gasteiger partial charge in [0.2, 0.25) is 5.82 Å². The number of halogens is 1. The number of benzene rings is 1. The number of pyridine rings is 1. The summed E-state index contributed by atoms with van der Waals surface area (Å²) in [6, 6.07) is 9.73. The molecule has 2 aromatic rings. The molecule has 8 nitrogen and oxygen atoms in total. The number of nitrogens with zero attached hydrogens (tertiary/aromatic N) is 2. The smallest absolute Gasteiger partial charge is 0.408 e. The normalized spacial score (nSPS) is 11.6. The summed E-state index contributed by atoms with van der Waals surface area (Å²) < 4.78 is 5.30. The Kier molecular flexibility index (Phi) is 6.14. The predicted molar refractivity (Wildman–Crippen MR) is 108 cm³/mol. The van der Waals surface area contributed by atoms with Gasteiger partial charge < -0.3 is 15.4 Å². The highest BCUT2D eigenvalue weighted by molar-refractivity contribution is 6.29. The maximum absolute atomic E-state index is 12.1. The average molecular weight is 407 g/mol. The van der Waals surface area contributed by atoms with E-state index in [4.69, 9.17) is 16.3 Å². The zero-order valence-corrected chi connectivity index (χ0v) is 17.1. The second-order valence-corrected chi connectivity index (χ2v) is 8.10. The highest BCUT2D eigenvalue weighted by atomic mass is 35.5. The lowest BCUT2D eigenvalue weighted by molar-refractivity contribution is -0.384. The van der Waals surface area contributed by atoms with Crippen LogP contribution in [0.25, 0.3) is 0 Å². The van der Waals surface area contributed by atoms with Crippen molar-refractivity contribution in [3.05, 3.63) is 57.2 Å². The van der Waals surface area contributed by atoms with E-state index in [2.05, 4.69) is 15.6 Å². The van der Waals surface area contributed by atoms with Crippen molar-refractivity contribution in [1.29, 1.82) is 0 Å². The monoisotopic (exact) mass is 406 g/mol. The van der Waals surface area contributed by atoms with Gasteiger partial charge in [0.05, 0.1) is 10.5 Å². The molecule has 0 fully saturated rings. The summed E-state index contributed by atoms with van der Waals surface area (Å²) >= 11 is 5.84. The van der Waals surface area contributed by atoms with Crippen LogP contribution in [0.15, 0.2) is 36.4 Å². The van der Waals surface area contributed by atoms with Gasteiger partial charge in [0.25, 0.3) is 0 Å². The summed E-state index contributed by atoms with van der Waals surface area (Å²) in [4.78, 5) is 26.6. The van der Waals surface area contributed by atoms with Gasteiger partial charge in [-0.15, -0.1) is 0 Å². The molecule has 1 amide bonds. The number of carbonyl (C=O) groups excluding carboxylic acids is 1. The van der Waals surface area contributed by atoms with Crippen LogP contribution in [0.3, 0.4) is 0 Å². The lowest BCUT2D eigenvalue weighted by Crippen LogP contribution is -2.43. The Balaban J connectivity index is 2.16. The number of nitro groups is 1. The molecule has 28 heavy (non-hydrogen) atoms. The van der Waals surface area contributed by atoms with E-state index in [-0.39, 0.29) is 16.7 Å². The number of ether oxygens (including phenoxy) is 1. The van der Waals surface area contributed by atoms with Gasteiger partial charge in [-0.2, -0.15) is 0 Å². The van der Waals surface area contributed by atoms with Crippen LogP contribution < -0.4 is 10.6 Å². The summed E-state index contributed by atoms with van der Waals surface area (Å²) in [6.45, 7) is 9.08. The molecule has 2 N–H and O–H groups in total. The number of anilines is 2. The summed E-state index contributed by atoms with van der Waals surface area (Å²) in [6.07, 6.45) is -0.515. The molecule has 0 atom stereocenters. The minimum absolute atomic E-state index is 0.0522. The van der Waals surface area contributed by atoms with Gasteiger partial charge in [0, 0.05) is 11.8 Å². The minimum atomic E-state index is -0.679. The largest absolute Gasteiger partial charge is 0.444 e. The molecule has 2 rings (SSSR count). The fourth-order valence-corrected chi connectivity index (χ4v) is 2.55. The van der Waals surface area contributed by atoms with Crippen LogP contribution in [0, 0.1) is 10.1 Å². The summed E-state index contributed by atoms with van der Waals surface area (Å²) in [5, 5.41) is 17.0. The van der Waals surface area contributed by atoms with Crippen LogP contribution in [0.2, 0.25) is 5.15 Å². The van der Waals surface area contributed by atoms with E-state index in [1.807, 2.05) is 13.8 Å².